The molecular weight excluding hydrogens is 376 g/mol. The van der Waals surface area contributed by atoms with Crippen LogP contribution in [-0.2, 0) is 18.0 Å². The van der Waals surface area contributed by atoms with E-state index >= 15 is 0 Å². The van der Waals surface area contributed by atoms with Gasteiger partial charge in [0.2, 0.25) is 5.89 Å². The lowest BCUT2D eigenvalue weighted by atomic mass is 10.1. The van der Waals surface area contributed by atoms with Crippen LogP contribution in [0, 0.1) is 0 Å². The average molecular weight is 390 g/mol. The van der Waals surface area contributed by atoms with Gasteiger partial charge in [-0.05, 0) is 30.3 Å². The van der Waals surface area contributed by atoms with Gasteiger partial charge in [0.25, 0.3) is 5.89 Å². The van der Waals surface area contributed by atoms with Crippen LogP contribution in [0.3, 0.4) is 0 Å². The SMILES string of the molecule is O=C(OCc1nnc(-c2ccccc2)o1)c1cc2c(s1)-c1ccccc1OC2. The molecule has 1 aliphatic heterocycles. The molecule has 4 aromatic rings. The number of rotatable bonds is 4. The summed E-state index contributed by atoms with van der Waals surface area (Å²) in [6.07, 6.45) is 0. The standard InChI is InChI=1S/C21H14N2O4S/c24-21(26-12-18-22-23-20(27-18)13-6-2-1-3-7-13)17-10-14-11-25-16-9-5-4-8-15(16)19(14)28-17/h1-10H,11-12H2. The minimum atomic E-state index is -0.420. The summed E-state index contributed by atoms with van der Waals surface area (Å²) in [6.45, 7) is 0.370. The van der Waals surface area contributed by atoms with Crippen LogP contribution in [0.1, 0.15) is 21.1 Å². The Morgan fingerprint density at radius 3 is 2.79 bits per heavy atom. The summed E-state index contributed by atoms with van der Waals surface area (Å²) < 4.78 is 16.7. The molecule has 138 valence electrons. The molecule has 0 N–H and O–H groups in total. The second-order valence-corrected chi connectivity index (χ2v) is 7.25. The zero-order valence-electron chi connectivity index (χ0n) is 14.6. The Bertz CT molecular complexity index is 1150. The third-order valence-electron chi connectivity index (χ3n) is 4.34. The van der Waals surface area contributed by atoms with Crippen molar-refractivity contribution in [1.82, 2.24) is 10.2 Å². The van der Waals surface area contributed by atoms with Gasteiger partial charge < -0.3 is 13.9 Å². The average Bonchev–Trinajstić information content (AvgIpc) is 3.40. The van der Waals surface area contributed by atoms with Crippen molar-refractivity contribution in [3.8, 4) is 27.6 Å². The lowest BCUT2D eigenvalue weighted by Gasteiger charge is -2.16. The van der Waals surface area contributed by atoms with Crippen molar-refractivity contribution < 1.29 is 18.7 Å². The molecule has 0 saturated carbocycles. The first-order valence-electron chi connectivity index (χ1n) is 8.68. The van der Waals surface area contributed by atoms with E-state index in [1.54, 1.807) is 0 Å². The van der Waals surface area contributed by atoms with E-state index in [1.165, 1.54) is 11.3 Å². The first kappa shape index (κ1) is 16.7. The molecule has 3 heterocycles. The Hall–Kier alpha value is -3.45. The fourth-order valence-electron chi connectivity index (χ4n) is 3.01. The molecule has 0 atom stereocenters. The van der Waals surface area contributed by atoms with E-state index in [-0.39, 0.29) is 12.5 Å². The molecule has 0 saturated heterocycles. The van der Waals surface area contributed by atoms with Crippen LogP contribution in [0.15, 0.2) is 65.1 Å². The fourth-order valence-corrected chi connectivity index (χ4v) is 4.10. The minimum Gasteiger partial charge on any atom is -0.488 e. The molecule has 0 bridgehead atoms. The Morgan fingerprint density at radius 1 is 1.07 bits per heavy atom. The van der Waals surface area contributed by atoms with Crippen LogP contribution >= 0.6 is 11.3 Å². The topological polar surface area (TPSA) is 74.5 Å². The van der Waals surface area contributed by atoms with Gasteiger partial charge in [0.1, 0.15) is 17.2 Å². The minimum absolute atomic E-state index is 0.0751. The van der Waals surface area contributed by atoms with Crippen molar-refractivity contribution in [1.29, 1.82) is 0 Å². The smallest absolute Gasteiger partial charge is 0.348 e. The van der Waals surface area contributed by atoms with Crippen molar-refractivity contribution in [2.75, 3.05) is 0 Å². The van der Waals surface area contributed by atoms with Gasteiger partial charge in [0.15, 0.2) is 6.61 Å². The maximum absolute atomic E-state index is 12.5. The van der Waals surface area contributed by atoms with Crippen molar-refractivity contribution >= 4 is 17.3 Å². The van der Waals surface area contributed by atoms with Crippen LogP contribution in [0.25, 0.3) is 21.9 Å². The van der Waals surface area contributed by atoms with Crippen molar-refractivity contribution in [3.05, 3.63) is 77.0 Å². The predicted octanol–water partition coefficient (Wildman–Crippen LogP) is 4.71. The highest BCUT2D eigenvalue weighted by atomic mass is 32.1. The number of nitrogens with zero attached hydrogens (tertiary/aromatic N) is 2. The first-order chi connectivity index (χ1) is 13.8. The van der Waals surface area contributed by atoms with E-state index in [9.17, 15) is 4.79 Å². The first-order valence-corrected chi connectivity index (χ1v) is 9.49. The van der Waals surface area contributed by atoms with Crippen LogP contribution in [0.4, 0.5) is 0 Å². The Balaban J connectivity index is 1.30. The number of carbonyl (C=O) groups excluding carboxylic acids is 1. The molecule has 2 aromatic carbocycles. The summed E-state index contributed by atoms with van der Waals surface area (Å²) >= 11 is 1.40. The number of hydrogen-bond acceptors (Lipinski definition) is 7. The molecule has 7 heteroatoms. The largest absolute Gasteiger partial charge is 0.488 e. The van der Waals surface area contributed by atoms with Gasteiger partial charge >= 0.3 is 5.97 Å². The number of benzene rings is 2. The Morgan fingerprint density at radius 2 is 1.89 bits per heavy atom. The van der Waals surface area contributed by atoms with Gasteiger partial charge in [-0.25, -0.2) is 4.79 Å². The zero-order valence-corrected chi connectivity index (χ0v) is 15.4. The monoisotopic (exact) mass is 390 g/mol. The highest BCUT2D eigenvalue weighted by Crippen LogP contribution is 2.42. The van der Waals surface area contributed by atoms with E-state index in [2.05, 4.69) is 10.2 Å². The quantitative estimate of drug-likeness (QED) is 0.470. The van der Waals surface area contributed by atoms with Gasteiger partial charge in [-0.15, -0.1) is 21.5 Å². The molecule has 2 aromatic heterocycles. The normalized spacial score (nSPS) is 12.0. The number of para-hydroxylation sites is 1. The van der Waals surface area contributed by atoms with Crippen molar-refractivity contribution in [2.24, 2.45) is 0 Å². The lowest BCUT2D eigenvalue weighted by molar-refractivity contribution is 0.0444. The number of aromatic nitrogens is 2. The molecule has 0 unspecified atom stereocenters. The summed E-state index contributed by atoms with van der Waals surface area (Å²) in [7, 11) is 0. The van der Waals surface area contributed by atoms with E-state index in [0.29, 0.717) is 17.4 Å². The van der Waals surface area contributed by atoms with Gasteiger partial charge in [-0.2, -0.15) is 0 Å². The van der Waals surface area contributed by atoms with Crippen LogP contribution in [0.2, 0.25) is 0 Å². The number of carbonyl (C=O) groups is 1. The zero-order chi connectivity index (χ0) is 18.9. The highest BCUT2D eigenvalue weighted by Gasteiger charge is 2.23. The molecular formula is C21H14N2O4S. The van der Waals surface area contributed by atoms with Crippen molar-refractivity contribution in [2.45, 2.75) is 13.2 Å². The van der Waals surface area contributed by atoms with E-state index in [0.717, 1.165) is 27.3 Å². The Labute approximate surface area is 164 Å². The van der Waals surface area contributed by atoms with Crippen LogP contribution in [0.5, 0.6) is 5.75 Å². The molecule has 0 spiro atoms. The fraction of sp³-hybridized carbons (Fsp3) is 0.0952. The number of ether oxygens (including phenoxy) is 2. The molecule has 28 heavy (non-hydrogen) atoms. The van der Waals surface area contributed by atoms with Gasteiger partial charge in [0.05, 0.1) is 0 Å². The molecule has 0 radical (unpaired) electrons. The number of fused-ring (bicyclic) bond motifs is 3. The van der Waals surface area contributed by atoms with Gasteiger partial charge in [0, 0.05) is 21.6 Å². The molecule has 0 aliphatic carbocycles. The number of thiophene rings is 1. The summed E-state index contributed by atoms with van der Waals surface area (Å²) in [5.41, 5.74) is 2.80. The molecule has 6 nitrogen and oxygen atoms in total. The number of esters is 1. The third kappa shape index (κ3) is 3.05. The summed E-state index contributed by atoms with van der Waals surface area (Å²) in [5, 5.41) is 7.94. The van der Waals surface area contributed by atoms with Crippen molar-refractivity contribution in [3.63, 3.8) is 0 Å². The highest BCUT2D eigenvalue weighted by molar-refractivity contribution is 7.17. The number of hydrogen-bond donors (Lipinski definition) is 0. The van der Waals surface area contributed by atoms with E-state index in [4.69, 9.17) is 13.9 Å². The van der Waals surface area contributed by atoms with E-state index in [1.807, 2.05) is 60.7 Å². The molecule has 1 aliphatic rings. The van der Waals surface area contributed by atoms with Gasteiger partial charge in [-0.1, -0.05) is 30.3 Å². The summed E-state index contributed by atoms with van der Waals surface area (Å²) in [6, 6.07) is 19.1. The lowest BCUT2D eigenvalue weighted by Crippen LogP contribution is -2.04. The van der Waals surface area contributed by atoms with Crippen LogP contribution in [-0.4, -0.2) is 16.2 Å². The molecule has 0 amide bonds. The maximum Gasteiger partial charge on any atom is 0.348 e. The Kier molecular flexibility index (Phi) is 4.14. The summed E-state index contributed by atoms with van der Waals surface area (Å²) in [4.78, 5) is 14.0. The second-order valence-electron chi connectivity index (χ2n) is 6.19. The van der Waals surface area contributed by atoms with Crippen LogP contribution < -0.4 is 4.74 Å². The molecule has 5 rings (SSSR count). The predicted molar refractivity (Wildman–Crippen MR) is 103 cm³/mol. The van der Waals surface area contributed by atoms with E-state index < -0.39 is 5.97 Å². The maximum atomic E-state index is 12.5. The summed E-state index contributed by atoms with van der Waals surface area (Å²) in [5.74, 6) is 1.06. The molecule has 0 fully saturated rings. The third-order valence-corrected chi connectivity index (χ3v) is 5.53. The van der Waals surface area contributed by atoms with Gasteiger partial charge in [-0.3, -0.25) is 0 Å². The second kappa shape index (κ2) is 6.94.